The molecule has 1 aliphatic rings. The first-order chi connectivity index (χ1) is 8.06. The van der Waals surface area contributed by atoms with Crippen molar-refractivity contribution >= 4 is 0 Å². The zero-order chi connectivity index (χ0) is 12.8. The van der Waals surface area contributed by atoms with Crippen LogP contribution < -0.4 is 5.32 Å². The maximum Gasteiger partial charge on any atom is 0.0195 e. The van der Waals surface area contributed by atoms with Gasteiger partial charge in [0.15, 0.2) is 0 Å². The van der Waals surface area contributed by atoms with Gasteiger partial charge in [-0.15, -0.1) is 0 Å². The van der Waals surface area contributed by atoms with Gasteiger partial charge in [0.1, 0.15) is 0 Å². The van der Waals surface area contributed by atoms with Crippen LogP contribution in [0.4, 0.5) is 0 Å². The molecule has 0 aromatic carbocycles. The fourth-order valence-electron chi connectivity index (χ4n) is 2.55. The summed E-state index contributed by atoms with van der Waals surface area (Å²) in [5.41, 5.74) is 0. The molecule has 0 bridgehead atoms. The van der Waals surface area contributed by atoms with Crippen molar-refractivity contribution in [3.63, 3.8) is 0 Å². The molecule has 0 aromatic rings. The van der Waals surface area contributed by atoms with E-state index in [-0.39, 0.29) is 0 Å². The number of hydrogen-bond acceptors (Lipinski definition) is 3. The third-order valence-electron chi connectivity index (χ3n) is 4.16. The van der Waals surface area contributed by atoms with E-state index < -0.39 is 0 Å². The summed E-state index contributed by atoms with van der Waals surface area (Å²) >= 11 is 0. The van der Waals surface area contributed by atoms with Crippen molar-refractivity contribution < 1.29 is 0 Å². The van der Waals surface area contributed by atoms with Gasteiger partial charge in [-0.1, -0.05) is 13.3 Å². The molecule has 0 saturated carbocycles. The quantitative estimate of drug-likeness (QED) is 0.715. The Labute approximate surface area is 108 Å². The number of hydrogen-bond donors (Lipinski definition) is 1. The number of nitrogens with zero attached hydrogens (tertiary/aromatic N) is 2. The van der Waals surface area contributed by atoms with Crippen LogP contribution in [0.1, 0.15) is 40.5 Å². The summed E-state index contributed by atoms with van der Waals surface area (Å²) in [5.74, 6) is 0. The first-order valence-electron chi connectivity index (χ1n) is 7.23. The predicted octanol–water partition coefficient (Wildman–Crippen LogP) is 1.79. The molecule has 1 saturated heterocycles. The van der Waals surface area contributed by atoms with Crippen LogP contribution in [0.15, 0.2) is 0 Å². The van der Waals surface area contributed by atoms with Crippen molar-refractivity contribution in [2.75, 3.05) is 33.2 Å². The average molecular weight is 241 g/mol. The normalized spacial score (nSPS) is 29.5. The Morgan fingerprint density at radius 1 is 1.24 bits per heavy atom. The molecular formula is C14H31N3. The van der Waals surface area contributed by atoms with Gasteiger partial charge in [0.2, 0.25) is 0 Å². The lowest BCUT2D eigenvalue weighted by Gasteiger charge is -2.45. The molecule has 1 rings (SSSR count). The standard InChI is InChI=1S/C14H31N3/c1-6-7-8-15-9-12(2)17-10-13(3)16(5)14(4)11-17/h12-15H,6-11H2,1-5H3. The van der Waals surface area contributed by atoms with Gasteiger partial charge >= 0.3 is 0 Å². The van der Waals surface area contributed by atoms with Gasteiger partial charge in [-0.3, -0.25) is 9.80 Å². The summed E-state index contributed by atoms with van der Waals surface area (Å²) in [5, 5.41) is 3.57. The molecule has 0 amide bonds. The van der Waals surface area contributed by atoms with Gasteiger partial charge < -0.3 is 5.32 Å². The minimum Gasteiger partial charge on any atom is -0.315 e. The van der Waals surface area contributed by atoms with Gasteiger partial charge in [0, 0.05) is 37.8 Å². The van der Waals surface area contributed by atoms with Crippen molar-refractivity contribution in [3.8, 4) is 0 Å². The van der Waals surface area contributed by atoms with Crippen molar-refractivity contribution in [2.45, 2.75) is 58.7 Å². The lowest BCUT2D eigenvalue weighted by atomic mass is 10.1. The monoisotopic (exact) mass is 241 g/mol. The van der Waals surface area contributed by atoms with Crippen LogP contribution >= 0.6 is 0 Å². The van der Waals surface area contributed by atoms with E-state index in [2.05, 4.69) is 49.9 Å². The molecule has 1 N–H and O–H groups in total. The van der Waals surface area contributed by atoms with Crippen LogP contribution in [0, 0.1) is 0 Å². The molecule has 3 unspecified atom stereocenters. The first-order valence-corrected chi connectivity index (χ1v) is 7.23. The number of nitrogens with one attached hydrogen (secondary N) is 1. The van der Waals surface area contributed by atoms with E-state index in [4.69, 9.17) is 0 Å². The molecule has 1 fully saturated rings. The second-order valence-electron chi connectivity index (χ2n) is 5.72. The SMILES string of the molecule is CCCCNCC(C)N1CC(C)N(C)C(C)C1. The molecule has 3 nitrogen and oxygen atoms in total. The molecular weight excluding hydrogens is 210 g/mol. The van der Waals surface area contributed by atoms with E-state index in [9.17, 15) is 0 Å². The molecule has 0 spiro atoms. The highest BCUT2D eigenvalue weighted by molar-refractivity contribution is 4.85. The first kappa shape index (κ1) is 14.9. The fourth-order valence-corrected chi connectivity index (χ4v) is 2.55. The van der Waals surface area contributed by atoms with Gasteiger partial charge in [-0.05, 0) is 40.8 Å². The summed E-state index contributed by atoms with van der Waals surface area (Å²) < 4.78 is 0. The summed E-state index contributed by atoms with van der Waals surface area (Å²) in [7, 11) is 2.25. The number of likely N-dealkylation sites (N-methyl/N-ethyl adjacent to an activating group) is 1. The molecule has 1 aliphatic heterocycles. The van der Waals surface area contributed by atoms with E-state index in [0.29, 0.717) is 18.1 Å². The minimum atomic E-state index is 0.658. The molecule has 0 aliphatic carbocycles. The van der Waals surface area contributed by atoms with Gasteiger partial charge in [-0.25, -0.2) is 0 Å². The van der Waals surface area contributed by atoms with Crippen LogP contribution in [-0.2, 0) is 0 Å². The largest absolute Gasteiger partial charge is 0.315 e. The average Bonchev–Trinajstić information content (AvgIpc) is 2.30. The molecule has 17 heavy (non-hydrogen) atoms. The molecule has 0 radical (unpaired) electrons. The molecule has 3 atom stereocenters. The highest BCUT2D eigenvalue weighted by Crippen LogP contribution is 2.15. The highest BCUT2D eigenvalue weighted by Gasteiger charge is 2.28. The van der Waals surface area contributed by atoms with E-state index in [0.717, 1.165) is 6.54 Å². The summed E-state index contributed by atoms with van der Waals surface area (Å²) in [6.45, 7) is 14.0. The summed E-state index contributed by atoms with van der Waals surface area (Å²) in [6.07, 6.45) is 2.58. The summed E-state index contributed by atoms with van der Waals surface area (Å²) in [4.78, 5) is 5.13. The van der Waals surface area contributed by atoms with Crippen LogP contribution in [0.2, 0.25) is 0 Å². The molecule has 0 aromatic heterocycles. The van der Waals surface area contributed by atoms with Crippen molar-refractivity contribution in [1.29, 1.82) is 0 Å². The lowest BCUT2D eigenvalue weighted by molar-refractivity contribution is 0.0382. The predicted molar refractivity (Wildman–Crippen MR) is 75.5 cm³/mol. The van der Waals surface area contributed by atoms with Crippen LogP contribution in [0.3, 0.4) is 0 Å². The second kappa shape index (κ2) is 7.34. The Morgan fingerprint density at radius 3 is 2.35 bits per heavy atom. The molecule has 1 heterocycles. The van der Waals surface area contributed by atoms with Crippen molar-refractivity contribution in [2.24, 2.45) is 0 Å². The minimum absolute atomic E-state index is 0.658. The third-order valence-corrected chi connectivity index (χ3v) is 4.16. The van der Waals surface area contributed by atoms with E-state index in [1.807, 2.05) is 0 Å². The summed E-state index contributed by atoms with van der Waals surface area (Å²) in [6, 6.07) is 2.01. The Bertz CT molecular complexity index is 196. The van der Waals surface area contributed by atoms with E-state index in [1.165, 1.54) is 32.5 Å². The molecule has 3 heteroatoms. The van der Waals surface area contributed by atoms with Gasteiger partial charge in [0.05, 0.1) is 0 Å². The number of unbranched alkanes of at least 4 members (excludes halogenated alkanes) is 1. The van der Waals surface area contributed by atoms with Crippen LogP contribution in [0.5, 0.6) is 0 Å². The Hall–Kier alpha value is -0.120. The Morgan fingerprint density at radius 2 is 1.82 bits per heavy atom. The maximum absolute atomic E-state index is 3.57. The van der Waals surface area contributed by atoms with E-state index in [1.54, 1.807) is 0 Å². The van der Waals surface area contributed by atoms with Crippen molar-refractivity contribution in [3.05, 3.63) is 0 Å². The Kier molecular flexibility index (Phi) is 6.45. The van der Waals surface area contributed by atoms with Crippen molar-refractivity contribution in [1.82, 2.24) is 15.1 Å². The maximum atomic E-state index is 3.57. The second-order valence-corrected chi connectivity index (χ2v) is 5.72. The van der Waals surface area contributed by atoms with E-state index >= 15 is 0 Å². The zero-order valence-corrected chi connectivity index (χ0v) is 12.4. The number of piperazine rings is 1. The highest BCUT2D eigenvalue weighted by atomic mass is 15.3. The van der Waals surface area contributed by atoms with Crippen LogP contribution in [0.25, 0.3) is 0 Å². The van der Waals surface area contributed by atoms with Gasteiger partial charge in [0.25, 0.3) is 0 Å². The number of rotatable bonds is 6. The topological polar surface area (TPSA) is 18.5 Å². The van der Waals surface area contributed by atoms with Crippen LogP contribution in [-0.4, -0.2) is 61.2 Å². The smallest absolute Gasteiger partial charge is 0.0195 e. The fraction of sp³-hybridized carbons (Fsp3) is 1.00. The lowest BCUT2D eigenvalue weighted by Crippen LogP contribution is -2.58. The van der Waals surface area contributed by atoms with Gasteiger partial charge in [-0.2, -0.15) is 0 Å². The Balaban J connectivity index is 2.29. The zero-order valence-electron chi connectivity index (χ0n) is 12.4. The third kappa shape index (κ3) is 4.57. The molecule has 102 valence electrons.